The Hall–Kier alpha value is -1.66. The molecule has 1 heterocycles. The Morgan fingerprint density at radius 2 is 2.00 bits per heavy atom. The van der Waals surface area contributed by atoms with Crippen molar-refractivity contribution in [2.24, 2.45) is 0 Å². The molecule has 0 radical (unpaired) electrons. The van der Waals surface area contributed by atoms with Crippen molar-refractivity contribution in [3.63, 3.8) is 0 Å². The van der Waals surface area contributed by atoms with Gasteiger partial charge in [-0.2, -0.15) is 5.26 Å². The molecule has 0 aliphatic rings. The Bertz CT molecular complexity index is 494. The molecule has 3 heteroatoms. The van der Waals surface area contributed by atoms with E-state index in [9.17, 15) is 5.26 Å². The van der Waals surface area contributed by atoms with E-state index in [1.165, 1.54) is 4.90 Å². The van der Waals surface area contributed by atoms with Gasteiger partial charge in [-0.15, -0.1) is 11.8 Å². The number of aromatic amines is 1. The van der Waals surface area contributed by atoms with E-state index < -0.39 is 0 Å². The van der Waals surface area contributed by atoms with Crippen LogP contribution in [0.25, 0.3) is 0 Å². The summed E-state index contributed by atoms with van der Waals surface area (Å²) in [5.41, 5.74) is 2.07. The quantitative estimate of drug-likeness (QED) is 0.829. The van der Waals surface area contributed by atoms with Crippen LogP contribution in [0.2, 0.25) is 0 Å². The predicted octanol–water partition coefficient (Wildman–Crippen LogP) is 3.78. The largest absolute Gasteiger partial charge is 0.367 e. The van der Waals surface area contributed by atoms with E-state index in [0.717, 1.165) is 16.9 Å². The summed E-state index contributed by atoms with van der Waals surface area (Å²) in [6, 6.07) is 12.5. The van der Waals surface area contributed by atoms with Gasteiger partial charge in [0.05, 0.1) is 12.0 Å². The van der Waals surface area contributed by atoms with Crippen LogP contribution in [0.1, 0.15) is 24.0 Å². The summed E-state index contributed by atoms with van der Waals surface area (Å²) >= 11 is 1.81. The van der Waals surface area contributed by atoms with Gasteiger partial charge in [-0.1, -0.05) is 19.1 Å². The molecular formula is C14H14N2S. The Labute approximate surface area is 106 Å². The van der Waals surface area contributed by atoms with Crippen molar-refractivity contribution in [1.29, 1.82) is 5.26 Å². The average molecular weight is 242 g/mol. The second kappa shape index (κ2) is 5.60. The van der Waals surface area contributed by atoms with Gasteiger partial charge in [0.15, 0.2) is 0 Å². The summed E-state index contributed by atoms with van der Waals surface area (Å²) in [6.45, 7) is 2.14. The number of aromatic nitrogens is 1. The highest BCUT2D eigenvalue weighted by atomic mass is 32.2. The van der Waals surface area contributed by atoms with Crippen LogP contribution in [-0.4, -0.2) is 10.7 Å². The van der Waals surface area contributed by atoms with Crippen LogP contribution in [-0.2, 0) is 0 Å². The number of hydrogen-bond donors (Lipinski definition) is 1. The summed E-state index contributed by atoms with van der Waals surface area (Å²) in [7, 11) is 0. The molecule has 1 N–H and O–H groups in total. The van der Waals surface area contributed by atoms with Crippen LogP contribution in [0.15, 0.2) is 47.6 Å². The van der Waals surface area contributed by atoms with Crippen LogP contribution in [0, 0.1) is 11.3 Å². The zero-order valence-corrected chi connectivity index (χ0v) is 10.5. The number of nitriles is 1. The number of H-pyrrole nitrogens is 1. The fourth-order valence-corrected chi connectivity index (χ4v) is 2.44. The molecule has 0 saturated heterocycles. The lowest BCUT2D eigenvalue weighted by Gasteiger charge is -2.08. The van der Waals surface area contributed by atoms with Crippen LogP contribution in [0.4, 0.5) is 0 Å². The molecule has 0 fully saturated rings. The van der Waals surface area contributed by atoms with Crippen molar-refractivity contribution < 1.29 is 0 Å². The molecular weight excluding hydrogens is 228 g/mol. The predicted molar refractivity (Wildman–Crippen MR) is 71.1 cm³/mol. The minimum absolute atomic E-state index is 0.179. The molecule has 0 saturated carbocycles. The number of benzene rings is 1. The SMILES string of the molecule is CCSc1ccc(C(C#N)c2cc[nH]c2)cc1. The lowest BCUT2D eigenvalue weighted by atomic mass is 9.95. The molecule has 0 spiro atoms. The Morgan fingerprint density at radius 3 is 2.53 bits per heavy atom. The molecule has 2 nitrogen and oxygen atoms in total. The number of thioether (sulfide) groups is 1. The van der Waals surface area contributed by atoms with Crippen molar-refractivity contribution >= 4 is 11.8 Å². The molecule has 86 valence electrons. The molecule has 2 aromatic rings. The van der Waals surface area contributed by atoms with Gasteiger partial charge in [0.25, 0.3) is 0 Å². The summed E-state index contributed by atoms with van der Waals surface area (Å²) in [5.74, 6) is 0.890. The zero-order chi connectivity index (χ0) is 12.1. The maximum absolute atomic E-state index is 9.25. The minimum atomic E-state index is -0.179. The van der Waals surface area contributed by atoms with Crippen molar-refractivity contribution in [2.75, 3.05) is 5.75 Å². The highest BCUT2D eigenvalue weighted by Gasteiger charge is 2.13. The minimum Gasteiger partial charge on any atom is -0.367 e. The summed E-state index contributed by atoms with van der Waals surface area (Å²) in [4.78, 5) is 4.24. The van der Waals surface area contributed by atoms with Gasteiger partial charge >= 0.3 is 0 Å². The van der Waals surface area contributed by atoms with Crippen LogP contribution < -0.4 is 0 Å². The van der Waals surface area contributed by atoms with Gasteiger partial charge in [0, 0.05) is 17.3 Å². The van der Waals surface area contributed by atoms with E-state index in [1.54, 1.807) is 0 Å². The third kappa shape index (κ3) is 2.72. The molecule has 1 aromatic heterocycles. The van der Waals surface area contributed by atoms with Crippen LogP contribution in [0.3, 0.4) is 0 Å². The van der Waals surface area contributed by atoms with Gasteiger partial charge in [-0.3, -0.25) is 0 Å². The molecule has 1 atom stereocenters. The van der Waals surface area contributed by atoms with Gasteiger partial charge in [-0.05, 0) is 35.1 Å². The number of rotatable bonds is 4. The summed E-state index contributed by atoms with van der Waals surface area (Å²) in [5, 5.41) is 9.25. The second-order valence-electron chi connectivity index (χ2n) is 3.71. The monoisotopic (exact) mass is 242 g/mol. The first-order valence-electron chi connectivity index (χ1n) is 5.60. The first kappa shape index (κ1) is 11.8. The molecule has 1 aromatic carbocycles. The van der Waals surface area contributed by atoms with E-state index in [0.29, 0.717) is 0 Å². The third-order valence-corrected chi connectivity index (χ3v) is 3.50. The van der Waals surface area contributed by atoms with Gasteiger partial charge in [0.1, 0.15) is 0 Å². The standard InChI is InChI=1S/C14H14N2S/c1-2-17-13-5-3-11(4-6-13)14(9-15)12-7-8-16-10-12/h3-8,10,14,16H,2H2,1H3. The lowest BCUT2D eigenvalue weighted by molar-refractivity contribution is 1.04. The Kier molecular flexibility index (Phi) is 3.89. The Balaban J connectivity index is 2.24. The lowest BCUT2D eigenvalue weighted by Crippen LogP contribution is -1.96. The van der Waals surface area contributed by atoms with E-state index >= 15 is 0 Å². The average Bonchev–Trinajstić information content (AvgIpc) is 2.86. The summed E-state index contributed by atoms with van der Waals surface area (Å²) in [6.07, 6.45) is 3.73. The highest BCUT2D eigenvalue weighted by molar-refractivity contribution is 7.99. The first-order valence-corrected chi connectivity index (χ1v) is 6.58. The van der Waals surface area contributed by atoms with Crippen LogP contribution >= 0.6 is 11.8 Å². The molecule has 0 aliphatic carbocycles. The van der Waals surface area contributed by atoms with E-state index in [4.69, 9.17) is 0 Å². The number of nitrogens with one attached hydrogen (secondary N) is 1. The third-order valence-electron chi connectivity index (χ3n) is 2.61. The smallest absolute Gasteiger partial charge is 0.0977 e. The van der Waals surface area contributed by atoms with Gasteiger partial charge in [-0.25, -0.2) is 0 Å². The second-order valence-corrected chi connectivity index (χ2v) is 5.05. The number of hydrogen-bond acceptors (Lipinski definition) is 2. The highest BCUT2D eigenvalue weighted by Crippen LogP contribution is 2.26. The first-order chi connectivity index (χ1) is 8.35. The maximum atomic E-state index is 9.25. The van der Waals surface area contributed by atoms with Crippen LogP contribution in [0.5, 0.6) is 0 Å². The van der Waals surface area contributed by atoms with E-state index in [1.807, 2.05) is 42.4 Å². The van der Waals surface area contributed by atoms with E-state index in [2.05, 4.69) is 30.1 Å². The fraction of sp³-hybridized carbons (Fsp3) is 0.214. The topological polar surface area (TPSA) is 39.6 Å². The molecule has 0 bridgehead atoms. The van der Waals surface area contributed by atoms with Gasteiger partial charge < -0.3 is 4.98 Å². The molecule has 17 heavy (non-hydrogen) atoms. The normalized spacial score (nSPS) is 12.0. The molecule has 1 unspecified atom stereocenters. The summed E-state index contributed by atoms with van der Waals surface area (Å²) < 4.78 is 0. The van der Waals surface area contributed by atoms with Gasteiger partial charge in [0.2, 0.25) is 0 Å². The Morgan fingerprint density at radius 1 is 1.24 bits per heavy atom. The molecule has 0 aliphatic heterocycles. The van der Waals surface area contributed by atoms with Crippen molar-refractivity contribution in [1.82, 2.24) is 4.98 Å². The van der Waals surface area contributed by atoms with Crippen molar-refractivity contribution in [3.8, 4) is 6.07 Å². The molecule has 2 rings (SSSR count). The zero-order valence-electron chi connectivity index (χ0n) is 9.68. The fourth-order valence-electron chi connectivity index (χ4n) is 1.78. The van der Waals surface area contributed by atoms with E-state index in [-0.39, 0.29) is 5.92 Å². The maximum Gasteiger partial charge on any atom is 0.0977 e. The van der Waals surface area contributed by atoms with Crippen molar-refractivity contribution in [3.05, 3.63) is 53.9 Å². The molecule has 0 amide bonds. The van der Waals surface area contributed by atoms with Crippen molar-refractivity contribution in [2.45, 2.75) is 17.7 Å². The number of nitrogens with zero attached hydrogens (tertiary/aromatic N) is 1.